The molecule has 1 N–H and O–H groups in total. The lowest BCUT2D eigenvalue weighted by molar-refractivity contribution is -0.140. The fourth-order valence-electron chi connectivity index (χ4n) is 3.52. The summed E-state index contributed by atoms with van der Waals surface area (Å²) in [6.45, 7) is 4.54. The summed E-state index contributed by atoms with van der Waals surface area (Å²) in [6.07, 6.45) is 2.29. The van der Waals surface area contributed by atoms with Crippen LogP contribution in [0, 0.1) is 0 Å². The molecule has 2 rings (SSSR count). The SMILES string of the molecule is CCCNC(=O)[C@@H](C)N(Cc1ccc(Cl)cc1)C(=O)CCCN(c1ccc(OC)cc1)S(C)(=O)=O. The number of hydrogen-bond acceptors (Lipinski definition) is 5. The Kier molecular flexibility index (Phi) is 10.9. The highest BCUT2D eigenvalue weighted by Crippen LogP contribution is 2.22. The number of rotatable bonds is 13. The molecule has 0 fully saturated rings. The summed E-state index contributed by atoms with van der Waals surface area (Å²) >= 11 is 5.98. The summed E-state index contributed by atoms with van der Waals surface area (Å²) < 4.78 is 31.2. The minimum Gasteiger partial charge on any atom is -0.497 e. The molecule has 192 valence electrons. The van der Waals surface area contributed by atoms with Crippen LogP contribution in [0.4, 0.5) is 5.69 Å². The van der Waals surface area contributed by atoms with Crippen LogP contribution >= 0.6 is 11.6 Å². The topological polar surface area (TPSA) is 96.0 Å². The molecule has 0 saturated heterocycles. The van der Waals surface area contributed by atoms with Gasteiger partial charge in [0.1, 0.15) is 11.8 Å². The second-order valence-electron chi connectivity index (χ2n) is 8.25. The quantitative estimate of drug-likeness (QED) is 0.430. The molecule has 0 radical (unpaired) electrons. The van der Waals surface area contributed by atoms with E-state index in [4.69, 9.17) is 16.3 Å². The van der Waals surface area contributed by atoms with E-state index in [0.717, 1.165) is 18.2 Å². The van der Waals surface area contributed by atoms with E-state index < -0.39 is 16.1 Å². The van der Waals surface area contributed by atoms with Gasteiger partial charge in [0.25, 0.3) is 0 Å². The van der Waals surface area contributed by atoms with Crippen molar-refractivity contribution < 1.29 is 22.7 Å². The van der Waals surface area contributed by atoms with Gasteiger partial charge in [-0.25, -0.2) is 8.42 Å². The molecule has 1 atom stereocenters. The minimum atomic E-state index is -3.56. The predicted molar refractivity (Wildman–Crippen MR) is 139 cm³/mol. The number of nitrogens with zero attached hydrogens (tertiary/aromatic N) is 2. The molecule has 0 spiro atoms. The Labute approximate surface area is 213 Å². The van der Waals surface area contributed by atoms with Crippen LogP contribution < -0.4 is 14.4 Å². The maximum atomic E-state index is 13.2. The van der Waals surface area contributed by atoms with Crippen LogP contribution in [0.25, 0.3) is 0 Å². The fourth-order valence-corrected chi connectivity index (χ4v) is 4.61. The van der Waals surface area contributed by atoms with Crippen molar-refractivity contribution in [3.63, 3.8) is 0 Å². The van der Waals surface area contributed by atoms with E-state index in [1.807, 2.05) is 19.1 Å². The number of anilines is 1. The van der Waals surface area contributed by atoms with Crippen LogP contribution in [0.3, 0.4) is 0 Å². The molecule has 0 aliphatic heterocycles. The van der Waals surface area contributed by atoms with Crippen molar-refractivity contribution in [3.8, 4) is 5.75 Å². The fraction of sp³-hybridized carbons (Fsp3) is 0.440. The third-order valence-corrected chi connectivity index (χ3v) is 6.94. The number of carbonyl (C=O) groups is 2. The van der Waals surface area contributed by atoms with Gasteiger partial charge in [-0.2, -0.15) is 0 Å². The molecule has 0 aromatic heterocycles. The molecular weight excluding hydrogens is 490 g/mol. The molecular formula is C25H34ClN3O5S. The Bertz CT molecular complexity index is 1080. The maximum Gasteiger partial charge on any atom is 0.242 e. The number of halogens is 1. The van der Waals surface area contributed by atoms with Crippen molar-refractivity contribution in [2.45, 2.75) is 45.7 Å². The van der Waals surface area contributed by atoms with Crippen molar-refractivity contribution in [2.75, 3.05) is 30.8 Å². The zero-order valence-corrected chi connectivity index (χ0v) is 22.2. The van der Waals surface area contributed by atoms with E-state index in [0.29, 0.717) is 29.4 Å². The average Bonchev–Trinajstić information content (AvgIpc) is 2.83. The molecule has 0 saturated carbocycles. The normalized spacial score (nSPS) is 12.0. The van der Waals surface area contributed by atoms with E-state index in [2.05, 4.69) is 5.32 Å². The number of ether oxygens (including phenoxy) is 1. The predicted octanol–water partition coefficient (Wildman–Crippen LogP) is 3.84. The van der Waals surface area contributed by atoms with Gasteiger partial charge in [-0.1, -0.05) is 30.7 Å². The van der Waals surface area contributed by atoms with Gasteiger partial charge < -0.3 is 15.0 Å². The maximum absolute atomic E-state index is 13.2. The molecule has 10 heteroatoms. The van der Waals surface area contributed by atoms with Gasteiger partial charge in [-0.3, -0.25) is 13.9 Å². The van der Waals surface area contributed by atoms with Crippen molar-refractivity contribution in [2.24, 2.45) is 0 Å². The van der Waals surface area contributed by atoms with Gasteiger partial charge in [0.05, 0.1) is 19.1 Å². The summed E-state index contributed by atoms with van der Waals surface area (Å²) in [4.78, 5) is 27.4. The Balaban J connectivity index is 2.14. The number of methoxy groups -OCH3 is 1. The van der Waals surface area contributed by atoms with Crippen molar-refractivity contribution in [3.05, 3.63) is 59.1 Å². The Hall–Kier alpha value is -2.78. The molecule has 2 aromatic rings. The zero-order chi connectivity index (χ0) is 26.0. The molecule has 0 aliphatic carbocycles. The van der Waals surface area contributed by atoms with E-state index in [1.54, 1.807) is 43.3 Å². The lowest BCUT2D eigenvalue weighted by Crippen LogP contribution is -2.47. The minimum absolute atomic E-state index is 0.0845. The van der Waals surface area contributed by atoms with Gasteiger partial charge in [0.2, 0.25) is 21.8 Å². The van der Waals surface area contributed by atoms with Crippen LogP contribution in [0.1, 0.15) is 38.7 Å². The molecule has 0 unspecified atom stereocenters. The number of hydrogen-bond donors (Lipinski definition) is 1. The van der Waals surface area contributed by atoms with E-state index in [-0.39, 0.29) is 31.3 Å². The van der Waals surface area contributed by atoms with Crippen molar-refractivity contribution in [1.82, 2.24) is 10.2 Å². The van der Waals surface area contributed by atoms with Gasteiger partial charge in [-0.05, 0) is 61.7 Å². The van der Waals surface area contributed by atoms with Crippen LogP contribution in [0.15, 0.2) is 48.5 Å². The Morgan fingerprint density at radius 2 is 1.71 bits per heavy atom. The van der Waals surface area contributed by atoms with E-state index in [1.165, 1.54) is 16.3 Å². The summed E-state index contributed by atoms with van der Waals surface area (Å²) in [6, 6.07) is 13.1. The molecule has 0 heterocycles. The van der Waals surface area contributed by atoms with Crippen LogP contribution in [-0.2, 0) is 26.2 Å². The average molecular weight is 524 g/mol. The second kappa shape index (κ2) is 13.3. The molecule has 35 heavy (non-hydrogen) atoms. The third-order valence-electron chi connectivity index (χ3n) is 5.50. The van der Waals surface area contributed by atoms with Crippen LogP contribution in [-0.4, -0.2) is 57.6 Å². The third kappa shape index (κ3) is 8.74. The number of amides is 2. The van der Waals surface area contributed by atoms with Gasteiger partial charge in [0.15, 0.2) is 0 Å². The first-order valence-corrected chi connectivity index (χ1v) is 13.7. The monoisotopic (exact) mass is 523 g/mol. The highest BCUT2D eigenvalue weighted by atomic mass is 35.5. The van der Waals surface area contributed by atoms with E-state index in [9.17, 15) is 18.0 Å². The number of sulfonamides is 1. The van der Waals surface area contributed by atoms with E-state index >= 15 is 0 Å². The Morgan fingerprint density at radius 3 is 2.26 bits per heavy atom. The zero-order valence-electron chi connectivity index (χ0n) is 20.7. The van der Waals surface area contributed by atoms with Crippen LogP contribution in [0.5, 0.6) is 5.75 Å². The van der Waals surface area contributed by atoms with Gasteiger partial charge in [0, 0.05) is 31.1 Å². The summed E-state index contributed by atoms with van der Waals surface area (Å²) in [5.41, 5.74) is 1.33. The molecule has 8 nitrogen and oxygen atoms in total. The first kappa shape index (κ1) is 28.5. The molecule has 0 aliphatic rings. The highest BCUT2D eigenvalue weighted by molar-refractivity contribution is 7.92. The summed E-state index contributed by atoms with van der Waals surface area (Å²) in [7, 11) is -2.02. The number of nitrogens with one attached hydrogen (secondary N) is 1. The smallest absolute Gasteiger partial charge is 0.242 e. The number of carbonyl (C=O) groups excluding carboxylic acids is 2. The first-order valence-electron chi connectivity index (χ1n) is 11.5. The highest BCUT2D eigenvalue weighted by Gasteiger charge is 2.26. The first-order chi connectivity index (χ1) is 16.6. The second-order valence-corrected chi connectivity index (χ2v) is 10.6. The van der Waals surface area contributed by atoms with Crippen molar-refractivity contribution >= 4 is 39.1 Å². The Morgan fingerprint density at radius 1 is 1.09 bits per heavy atom. The molecule has 0 bridgehead atoms. The summed E-state index contributed by atoms with van der Waals surface area (Å²) in [5, 5.41) is 3.42. The lowest BCUT2D eigenvalue weighted by Gasteiger charge is -2.29. The summed E-state index contributed by atoms with van der Waals surface area (Å²) in [5.74, 6) is 0.151. The van der Waals surface area contributed by atoms with Crippen molar-refractivity contribution in [1.29, 1.82) is 0 Å². The van der Waals surface area contributed by atoms with Gasteiger partial charge >= 0.3 is 0 Å². The standard InChI is InChI=1S/C25H34ClN3O5S/c1-5-16-27-25(31)19(2)28(18-20-8-10-21(26)11-9-20)24(30)7-6-17-29(35(4,32)33)22-12-14-23(34-3)15-13-22/h8-15,19H,5-7,16-18H2,1-4H3,(H,27,31)/t19-/m1/s1. The number of benzene rings is 2. The van der Waals surface area contributed by atoms with Gasteiger partial charge in [-0.15, -0.1) is 0 Å². The van der Waals surface area contributed by atoms with Crippen LogP contribution in [0.2, 0.25) is 5.02 Å². The largest absolute Gasteiger partial charge is 0.497 e. The molecule has 2 aromatic carbocycles. The molecule has 2 amide bonds. The lowest BCUT2D eigenvalue weighted by atomic mass is 10.1.